The van der Waals surface area contributed by atoms with E-state index in [1.54, 1.807) is 6.07 Å². The van der Waals surface area contributed by atoms with Crippen molar-refractivity contribution in [3.8, 4) is 0 Å². The first-order valence-corrected chi connectivity index (χ1v) is 11.0. The van der Waals surface area contributed by atoms with Crippen LogP contribution in [-0.4, -0.2) is 39.6 Å². The van der Waals surface area contributed by atoms with Crippen molar-refractivity contribution < 1.29 is 17.7 Å². The van der Waals surface area contributed by atoms with Gasteiger partial charge >= 0.3 is 5.76 Å². The van der Waals surface area contributed by atoms with Crippen molar-refractivity contribution in [2.24, 2.45) is 5.92 Å². The van der Waals surface area contributed by atoms with Crippen LogP contribution < -0.4 is 15.4 Å². The fraction of sp³-hybridized carbons (Fsp3) is 0.350. The van der Waals surface area contributed by atoms with E-state index in [1.165, 1.54) is 22.6 Å². The van der Waals surface area contributed by atoms with E-state index in [4.69, 9.17) is 4.42 Å². The fourth-order valence-electron chi connectivity index (χ4n) is 3.79. The molecule has 1 unspecified atom stereocenters. The van der Waals surface area contributed by atoms with Gasteiger partial charge in [-0.2, -0.15) is 0 Å². The number of sulfonamides is 1. The molecule has 28 heavy (non-hydrogen) atoms. The van der Waals surface area contributed by atoms with Gasteiger partial charge in [0, 0.05) is 31.4 Å². The summed E-state index contributed by atoms with van der Waals surface area (Å²) in [5.74, 6) is -0.267. The SMILES string of the molecule is O=c1[nH]c2ccc(S(=O)(=O)NC[C@H]3CC[NH+](CCc4ccccc4)C3)cc2o1. The third kappa shape index (κ3) is 4.35. The van der Waals surface area contributed by atoms with E-state index in [0.29, 0.717) is 18.0 Å². The summed E-state index contributed by atoms with van der Waals surface area (Å²) in [5.41, 5.74) is 2.06. The van der Waals surface area contributed by atoms with Gasteiger partial charge in [0.2, 0.25) is 10.0 Å². The number of fused-ring (bicyclic) bond motifs is 1. The number of hydrogen-bond acceptors (Lipinski definition) is 4. The average Bonchev–Trinajstić information content (AvgIpc) is 3.30. The van der Waals surface area contributed by atoms with E-state index in [2.05, 4.69) is 34.0 Å². The standard InChI is InChI=1S/C20H23N3O4S/c24-20-22-18-7-6-17(12-19(18)27-20)28(25,26)21-13-16-9-11-23(14-16)10-8-15-4-2-1-3-5-15/h1-7,12,16,21H,8-11,13-14H2,(H,22,24)/p+1/t16-/m1/s1. The second-order valence-corrected chi connectivity index (χ2v) is 9.14. The predicted octanol–water partition coefficient (Wildman–Crippen LogP) is 0.547. The molecule has 1 aliphatic heterocycles. The van der Waals surface area contributed by atoms with Gasteiger partial charge < -0.3 is 9.32 Å². The third-order valence-corrected chi connectivity index (χ3v) is 6.78. The van der Waals surface area contributed by atoms with Gasteiger partial charge in [-0.25, -0.2) is 17.9 Å². The lowest BCUT2D eigenvalue weighted by atomic mass is 10.1. The number of H-pyrrole nitrogens is 1. The monoisotopic (exact) mass is 402 g/mol. The summed E-state index contributed by atoms with van der Waals surface area (Å²) in [7, 11) is -3.64. The molecule has 2 heterocycles. The first-order chi connectivity index (χ1) is 13.5. The van der Waals surface area contributed by atoms with Gasteiger partial charge in [0.05, 0.1) is 30.0 Å². The molecule has 0 bridgehead atoms. The second kappa shape index (κ2) is 7.90. The van der Waals surface area contributed by atoms with Crippen molar-refractivity contribution in [1.82, 2.24) is 9.71 Å². The molecular formula is C20H24N3O4S+. The van der Waals surface area contributed by atoms with Crippen molar-refractivity contribution in [2.75, 3.05) is 26.2 Å². The van der Waals surface area contributed by atoms with Gasteiger partial charge in [-0.1, -0.05) is 30.3 Å². The fourth-order valence-corrected chi connectivity index (χ4v) is 4.92. The summed E-state index contributed by atoms with van der Waals surface area (Å²) < 4.78 is 32.8. The molecule has 0 amide bonds. The number of hydrogen-bond donors (Lipinski definition) is 3. The molecule has 1 fully saturated rings. The zero-order valence-corrected chi connectivity index (χ0v) is 16.3. The number of benzene rings is 2. The second-order valence-electron chi connectivity index (χ2n) is 7.37. The molecule has 0 saturated carbocycles. The highest BCUT2D eigenvalue weighted by molar-refractivity contribution is 7.89. The first-order valence-electron chi connectivity index (χ1n) is 9.50. The van der Waals surface area contributed by atoms with Gasteiger partial charge in [-0.05, 0) is 17.7 Å². The Morgan fingerprint density at radius 3 is 2.82 bits per heavy atom. The van der Waals surface area contributed by atoms with E-state index < -0.39 is 15.8 Å². The van der Waals surface area contributed by atoms with Crippen molar-refractivity contribution in [3.63, 3.8) is 0 Å². The largest absolute Gasteiger partial charge is 0.417 e. The molecule has 0 radical (unpaired) electrons. The van der Waals surface area contributed by atoms with Crippen LogP contribution in [0.4, 0.5) is 0 Å². The Bertz CT molecular complexity index is 1110. The molecule has 1 aliphatic rings. The molecule has 4 rings (SSSR count). The summed E-state index contributed by atoms with van der Waals surface area (Å²) >= 11 is 0. The first kappa shape index (κ1) is 18.9. The quantitative estimate of drug-likeness (QED) is 0.538. The molecule has 0 spiro atoms. The minimum absolute atomic E-state index is 0.106. The van der Waals surface area contributed by atoms with E-state index in [-0.39, 0.29) is 10.5 Å². The van der Waals surface area contributed by atoms with Gasteiger partial charge in [-0.3, -0.25) is 4.98 Å². The van der Waals surface area contributed by atoms with Crippen LogP contribution in [0.15, 0.2) is 62.6 Å². The van der Waals surface area contributed by atoms with Crippen LogP contribution in [0.1, 0.15) is 12.0 Å². The molecule has 0 aliphatic carbocycles. The molecule has 148 valence electrons. The number of aromatic amines is 1. The van der Waals surface area contributed by atoms with Crippen molar-refractivity contribution in [3.05, 3.63) is 64.6 Å². The highest BCUT2D eigenvalue weighted by Crippen LogP contribution is 2.17. The van der Waals surface area contributed by atoms with Crippen LogP contribution in [0.3, 0.4) is 0 Å². The molecule has 8 heteroatoms. The molecule has 1 saturated heterocycles. The van der Waals surface area contributed by atoms with Gasteiger partial charge in [0.1, 0.15) is 0 Å². The Kier molecular flexibility index (Phi) is 5.34. The third-order valence-electron chi connectivity index (χ3n) is 5.36. The van der Waals surface area contributed by atoms with Crippen LogP contribution in [0.25, 0.3) is 11.1 Å². The number of aromatic nitrogens is 1. The number of rotatable bonds is 7. The number of likely N-dealkylation sites (tertiary alicyclic amines) is 1. The summed E-state index contributed by atoms with van der Waals surface area (Å²) in [5, 5.41) is 0. The van der Waals surface area contributed by atoms with E-state index in [1.807, 2.05) is 6.07 Å². The van der Waals surface area contributed by atoms with Gasteiger partial charge in [0.15, 0.2) is 5.58 Å². The zero-order chi connectivity index (χ0) is 19.6. The highest BCUT2D eigenvalue weighted by Gasteiger charge is 2.27. The summed E-state index contributed by atoms with van der Waals surface area (Å²) in [6.45, 7) is 3.53. The normalized spacial score (nSPS) is 20.0. The summed E-state index contributed by atoms with van der Waals surface area (Å²) in [6.07, 6.45) is 2.05. The summed E-state index contributed by atoms with van der Waals surface area (Å²) in [6, 6.07) is 14.8. The van der Waals surface area contributed by atoms with E-state index in [0.717, 1.165) is 32.5 Å². The maximum atomic E-state index is 12.6. The Morgan fingerprint density at radius 2 is 2.00 bits per heavy atom. The zero-order valence-electron chi connectivity index (χ0n) is 15.5. The average molecular weight is 402 g/mol. The lowest BCUT2D eigenvalue weighted by molar-refractivity contribution is -0.888. The molecule has 2 aromatic carbocycles. The molecular weight excluding hydrogens is 378 g/mol. The molecule has 2 atom stereocenters. The number of quaternary nitrogens is 1. The lowest BCUT2D eigenvalue weighted by Gasteiger charge is -2.14. The maximum Gasteiger partial charge on any atom is 0.417 e. The topological polar surface area (TPSA) is 96.6 Å². The van der Waals surface area contributed by atoms with Gasteiger partial charge in [-0.15, -0.1) is 0 Å². The Morgan fingerprint density at radius 1 is 1.18 bits per heavy atom. The predicted molar refractivity (Wildman–Crippen MR) is 106 cm³/mol. The lowest BCUT2D eigenvalue weighted by Crippen LogP contribution is -3.10. The minimum atomic E-state index is -3.64. The van der Waals surface area contributed by atoms with Crippen LogP contribution in [0.2, 0.25) is 0 Å². The van der Waals surface area contributed by atoms with E-state index in [9.17, 15) is 13.2 Å². The highest BCUT2D eigenvalue weighted by atomic mass is 32.2. The Labute approximate surface area is 163 Å². The van der Waals surface area contributed by atoms with Crippen molar-refractivity contribution >= 4 is 21.1 Å². The van der Waals surface area contributed by atoms with Gasteiger partial charge in [0.25, 0.3) is 0 Å². The number of nitrogens with one attached hydrogen (secondary N) is 3. The Hall–Kier alpha value is -2.42. The molecule has 3 N–H and O–H groups in total. The smallest absolute Gasteiger partial charge is 0.408 e. The minimum Gasteiger partial charge on any atom is -0.408 e. The van der Waals surface area contributed by atoms with Crippen LogP contribution in [0.5, 0.6) is 0 Å². The Balaban J connectivity index is 1.31. The molecule has 7 nitrogen and oxygen atoms in total. The summed E-state index contributed by atoms with van der Waals surface area (Å²) in [4.78, 5) is 15.4. The number of oxazole rings is 1. The van der Waals surface area contributed by atoms with Crippen molar-refractivity contribution in [1.29, 1.82) is 0 Å². The van der Waals surface area contributed by atoms with E-state index >= 15 is 0 Å². The van der Waals surface area contributed by atoms with Crippen molar-refractivity contribution in [2.45, 2.75) is 17.7 Å². The van der Waals surface area contributed by atoms with Crippen LogP contribution >= 0.6 is 0 Å². The molecule has 3 aromatic rings. The van der Waals surface area contributed by atoms with Crippen LogP contribution in [0, 0.1) is 5.92 Å². The molecule has 1 aromatic heterocycles. The van der Waals surface area contributed by atoms with Crippen LogP contribution in [-0.2, 0) is 16.4 Å². The maximum absolute atomic E-state index is 12.6.